The van der Waals surface area contributed by atoms with Gasteiger partial charge in [-0.2, -0.15) is 0 Å². The number of amidine groups is 1. The molecule has 0 bridgehead atoms. The molecule has 2 heterocycles. The lowest BCUT2D eigenvalue weighted by atomic mass is 9.85. The summed E-state index contributed by atoms with van der Waals surface area (Å²) in [6.45, 7) is 2.86. The van der Waals surface area contributed by atoms with Crippen molar-refractivity contribution in [2.75, 3.05) is 25.4 Å². The van der Waals surface area contributed by atoms with Crippen LogP contribution in [0.25, 0.3) is 0 Å². The van der Waals surface area contributed by atoms with E-state index in [-0.39, 0.29) is 36.8 Å². The van der Waals surface area contributed by atoms with Crippen LogP contribution in [0.15, 0.2) is 28.3 Å². The maximum atomic E-state index is 12.4. The minimum absolute atomic E-state index is 0.00963. The molecule has 0 spiro atoms. The summed E-state index contributed by atoms with van der Waals surface area (Å²) in [7, 11) is -3.41. The maximum absolute atomic E-state index is 12.4. The number of hydrogen-bond acceptors (Lipinski definition) is 6. The van der Waals surface area contributed by atoms with E-state index in [1.165, 1.54) is 6.08 Å². The Morgan fingerprint density at radius 1 is 1.38 bits per heavy atom. The molecule has 1 aliphatic carbocycles. The second-order valence-corrected chi connectivity index (χ2v) is 8.35. The van der Waals surface area contributed by atoms with Gasteiger partial charge in [0.25, 0.3) is 15.9 Å². The smallest absolute Gasteiger partial charge is 0.317 e. The summed E-state index contributed by atoms with van der Waals surface area (Å²) in [5.41, 5.74) is 0.449. The largest absolute Gasteiger partial charge is 0.480 e. The summed E-state index contributed by atoms with van der Waals surface area (Å²) in [5.74, 6) is -0.823. The summed E-state index contributed by atoms with van der Waals surface area (Å²) < 4.78 is 26.7. The molecule has 0 aromatic carbocycles. The first-order chi connectivity index (χ1) is 12.3. The van der Waals surface area contributed by atoms with Gasteiger partial charge in [-0.05, 0) is 31.5 Å². The Labute approximate surface area is 152 Å². The van der Waals surface area contributed by atoms with Gasteiger partial charge in [-0.3, -0.25) is 14.5 Å². The van der Waals surface area contributed by atoms with Crippen LogP contribution in [-0.2, 0) is 19.6 Å². The van der Waals surface area contributed by atoms with Gasteiger partial charge in [-0.25, -0.2) is 8.42 Å². The molecule has 0 unspecified atom stereocenters. The van der Waals surface area contributed by atoms with Crippen LogP contribution in [0.1, 0.15) is 19.8 Å². The van der Waals surface area contributed by atoms with E-state index < -0.39 is 16.0 Å². The zero-order valence-corrected chi connectivity index (χ0v) is 15.3. The molecular formula is C16H22N4O5S. The lowest BCUT2D eigenvalue weighted by Crippen LogP contribution is -2.55. The summed E-state index contributed by atoms with van der Waals surface area (Å²) in [4.78, 5) is 26.8. The number of likely N-dealkylation sites (N-methyl/N-ethyl adjacent to an activating group) is 1. The quantitative estimate of drug-likeness (QED) is 0.638. The first kappa shape index (κ1) is 18.6. The molecule has 0 atom stereocenters. The maximum Gasteiger partial charge on any atom is 0.317 e. The third kappa shape index (κ3) is 4.13. The summed E-state index contributed by atoms with van der Waals surface area (Å²) in [5, 5.41) is 11.9. The predicted molar refractivity (Wildman–Crippen MR) is 95.0 cm³/mol. The topological polar surface area (TPSA) is 119 Å². The molecule has 1 fully saturated rings. The Bertz CT molecular complexity index is 795. The number of nitrogens with zero attached hydrogens (tertiary/aromatic N) is 3. The molecule has 0 saturated heterocycles. The number of hydrogen-bond donors (Lipinski definition) is 2. The molecule has 3 rings (SSSR count). The van der Waals surface area contributed by atoms with Crippen molar-refractivity contribution in [1.29, 1.82) is 0 Å². The van der Waals surface area contributed by atoms with Crippen LogP contribution in [0.3, 0.4) is 0 Å². The fraction of sp³-hybridized carbons (Fsp3) is 0.562. The molecule has 26 heavy (non-hydrogen) atoms. The van der Waals surface area contributed by atoms with Crippen molar-refractivity contribution in [2.45, 2.75) is 31.8 Å². The summed E-state index contributed by atoms with van der Waals surface area (Å²) >= 11 is 0. The average molecular weight is 382 g/mol. The van der Waals surface area contributed by atoms with Crippen molar-refractivity contribution < 1.29 is 23.1 Å². The summed E-state index contributed by atoms with van der Waals surface area (Å²) in [6, 6.07) is 0.185. The third-order valence-corrected chi connectivity index (χ3v) is 5.96. The fourth-order valence-corrected chi connectivity index (χ4v) is 4.25. The highest BCUT2D eigenvalue weighted by Gasteiger charge is 2.35. The second-order valence-electron chi connectivity index (χ2n) is 6.60. The van der Waals surface area contributed by atoms with Crippen LogP contribution in [0.5, 0.6) is 0 Å². The van der Waals surface area contributed by atoms with Crippen LogP contribution in [0.4, 0.5) is 0 Å². The molecule has 0 aromatic heterocycles. The van der Waals surface area contributed by atoms with E-state index in [2.05, 4.69) is 9.71 Å². The number of carboxylic acid groups (broad SMARTS) is 1. The molecule has 0 aromatic rings. The molecule has 1 amide bonds. The van der Waals surface area contributed by atoms with Crippen molar-refractivity contribution in [3.63, 3.8) is 0 Å². The van der Waals surface area contributed by atoms with Gasteiger partial charge in [0, 0.05) is 24.8 Å². The van der Waals surface area contributed by atoms with Crippen LogP contribution in [0, 0.1) is 0 Å². The van der Waals surface area contributed by atoms with E-state index in [1.807, 2.05) is 11.8 Å². The number of aliphatic carboxylic acids is 1. The molecule has 142 valence electrons. The van der Waals surface area contributed by atoms with E-state index in [0.717, 1.165) is 12.8 Å². The molecule has 9 nitrogen and oxygen atoms in total. The van der Waals surface area contributed by atoms with E-state index in [1.54, 1.807) is 17.2 Å². The summed E-state index contributed by atoms with van der Waals surface area (Å²) in [6.07, 6.45) is 6.14. The zero-order valence-electron chi connectivity index (χ0n) is 14.5. The van der Waals surface area contributed by atoms with Gasteiger partial charge >= 0.3 is 5.97 Å². The van der Waals surface area contributed by atoms with E-state index in [0.29, 0.717) is 18.0 Å². The first-order valence-electron chi connectivity index (χ1n) is 8.53. The standard InChI is InChI=1S/C16H22N4O5S/c1-2-19(10-15(21)22)13-7-12(8-13)17-16(23)11-3-4-14-18-26(24,25)6-5-20(14)9-11/h3-4,9,12-13H,2,5-8,10H2,1H3,(H,17,23)(H,21,22). The van der Waals surface area contributed by atoms with Gasteiger partial charge in [0.2, 0.25) is 0 Å². The van der Waals surface area contributed by atoms with Crippen molar-refractivity contribution in [3.05, 3.63) is 23.9 Å². The predicted octanol–water partition coefficient (Wildman–Crippen LogP) is -0.462. The average Bonchev–Trinajstić information content (AvgIpc) is 2.54. The van der Waals surface area contributed by atoms with Crippen LogP contribution in [0.2, 0.25) is 0 Å². The SMILES string of the molecule is CCN(CC(=O)O)C1CC(NC(=O)C2=CN3CCS(=O)(=O)N=C3C=C2)C1. The normalized spacial score (nSPS) is 26.5. The van der Waals surface area contributed by atoms with Crippen molar-refractivity contribution in [2.24, 2.45) is 4.40 Å². The minimum Gasteiger partial charge on any atom is -0.480 e. The van der Waals surface area contributed by atoms with Crippen molar-refractivity contribution in [1.82, 2.24) is 15.1 Å². The molecular weight excluding hydrogens is 360 g/mol. The Balaban J connectivity index is 1.54. The van der Waals surface area contributed by atoms with Crippen molar-refractivity contribution in [3.8, 4) is 0 Å². The Hall–Kier alpha value is -2.20. The van der Waals surface area contributed by atoms with Gasteiger partial charge in [0.1, 0.15) is 5.84 Å². The molecule has 0 radical (unpaired) electrons. The highest BCUT2D eigenvalue weighted by molar-refractivity contribution is 7.90. The first-order valence-corrected chi connectivity index (χ1v) is 10.1. The minimum atomic E-state index is -3.41. The zero-order chi connectivity index (χ0) is 18.9. The third-order valence-electron chi connectivity index (χ3n) is 4.80. The Kier molecular flexibility index (Phi) is 5.15. The number of sulfonamides is 1. The molecule has 2 aliphatic heterocycles. The van der Waals surface area contributed by atoms with Crippen LogP contribution in [-0.4, -0.2) is 78.5 Å². The van der Waals surface area contributed by atoms with Gasteiger partial charge in [-0.15, -0.1) is 4.40 Å². The number of carboxylic acids is 1. The van der Waals surface area contributed by atoms with Gasteiger partial charge in [0.15, 0.2) is 0 Å². The number of nitrogens with one attached hydrogen (secondary N) is 1. The number of fused-ring (bicyclic) bond motifs is 1. The van der Waals surface area contributed by atoms with Crippen LogP contribution < -0.4 is 5.32 Å². The molecule has 3 aliphatic rings. The van der Waals surface area contributed by atoms with Gasteiger partial charge in [-0.1, -0.05) is 6.92 Å². The number of carbonyl (C=O) groups is 2. The Morgan fingerprint density at radius 3 is 2.77 bits per heavy atom. The van der Waals surface area contributed by atoms with Gasteiger partial charge < -0.3 is 15.3 Å². The van der Waals surface area contributed by atoms with Gasteiger partial charge in [0.05, 0.1) is 17.9 Å². The molecule has 1 saturated carbocycles. The van der Waals surface area contributed by atoms with E-state index in [9.17, 15) is 18.0 Å². The van der Waals surface area contributed by atoms with Crippen LogP contribution >= 0.6 is 0 Å². The van der Waals surface area contributed by atoms with E-state index >= 15 is 0 Å². The lowest BCUT2D eigenvalue weighted by Gasteiger charge is -2.42. The number of amides is 1. The lowest BCUT2D eigenvalue weighted by molar-refractivity contribution is -0.139. The molecule has 10 heteroatoms. The highest BCUT2D eigenvalue weighted by atomic mass is 32.2. The van der Waals surface area contributed by atoms with E-state index in [4.69, 9.17) is 5.11 Å². The number of rotatable bonds is 6. The van der Waals surface area contributed by atoms with Crippen molar-refractivity contribution >= 4 is 27.7 Å². The monoisotopic (exact) mass is 382 g/mol. The number of carbonyl (C=O) groups excluding carboxylic acids is 1. The fourth-order valence-electron chi connectivity index (χ4n) is 3.28. The Morgan fingerprint density at radius 2 is 2.12 bits per heavy atom. The second kappa shape index (κ2) is 7.20. The highest BCUT2D eigenvalue weighted by Crippen LogP contribution is 2.26. The molecule has 2 N–H and O–H groups in total.